The highest BCUT2D eigenvalue weighted by atomic mass is 16.5. The van der Waals surface area contributed by atoms with E-state index in [4.69, 9.17) is 9.84 Å². The highest BCUT2D eigenvalue weighted by Crippen LogP contribution is 2.14. The van der Waals surface area contributed by atoms with Crippen LogP contribution in [0.15, 0.2) is 48.6 Å². The van der Waals surface area contributed by atoms with Crippen LogP contribution in [-0.4, -0.2) is 23.1 Å². The maximum atomic E-state index is 12.1. The molecule has 0 aliphatic heterocycles. The van der Waals surface area contributed by atoms with Crippen molar-refractivity contribution in [1.82, 2.24) is 0 Å². The first-order valence-electron chi connectivity index (χ1n) is 13.6. The number of hydrogen-bond acceptors (Lipinski definition) is 3. The lowest BCUT2D eigenvalue weighted by Gasteiger charge is -2.16. The molecule has 0 saturated heterocycles. The number of rotatable bonds is 23. The molecule has 0 bridgehead atoms. The highest BCUT2D eigenvalue weighted by Gasteiger charge is 2.17. The first kappa shape index (κ1) is 31.9. The molecule has 0 saturated carbocycles. The molecule has 0 aliphatic rings. The molecule has 1 atom stereocenters. The Kier molecular flexibility index (Phi) is 23.9. The molecule has 0 heterocycles. The van der Waals surface area contributed by atoms with E-state index in [9.17, 15) is 9.59 Å². The van der Waals surface area contributed by atoms with Gasteiger partial charge in [0.25, 0.3) is 0 Å². The Bertz CT molecular complexity index is 601. The smallest absolute Gasteiger partial charge is 0.307 e. The summed E-state index contributed by atoms with van der Waals surface area (Å²) in [7, 11) is 0. The molecule has 0 spiro atoms. The minimum atomic E-state index is -0.910. The van der Waals surface area contributed by atoms with Crippen LogP contribution in [0.3, 0.4) is 0 Å². The van der Waals surface area contributed by atoms with Crippen molar-refractivity contribution in [2.45, 2.75) is 129 Å². The average molecular weight is 475 g/mol. The van der Waals surface area contributed by atoms with Crippen LogP contribution in [0.4, 0.5) is 0 Å². The largest absolute Gasteiger partial charge is 0.481 e. The van der Waals surface area contributed by atoms with Gasteiger partial charge in [0.2, 0.25) is 0 Å². The summed E-state index contributed by atoms with van der Waals surface area (Å²) >= 11 is 0. The first-order valence-corrected chi connectivity index (χ1v) is 13.6. The average Bonchev–Trinajstić information content (AvgIpc) is 2.80. The Hall–Kier alpha value is -2.10. The second-order valence-electron chi connectivity index (χ2n) is 8.89. The molecular weight excluding hydrogens is 424 g/mol. The van der Waals surface area contributed by atoms with E-state index in [0.717, 1.165) is 51.4 Å². The van der Waals surface area contributed by atoms with Crippen molar-refractivity contribution in [3.8, 4) is 0 Å². The van der Waals surface area contributed by atoms with Gasteiger partial charge in [-0.05, 0) is 57.8 Å². The van der Waals surface area contributed by atoms with E-state index in [2.05, 4.69) is 62.5 Å². The summed E-state index contributed by atoms with van der Waals surface area (Å²) in [5.41, 5.74) is 0. The molecule has 194 valence electrons. The van der Waals surface area contributed by atoms with Crippen LogP contribution in [0, 0.1) is 0 Å². The molecule has 0 radical (unpaired) electrons. The minimum absolute atomic E-state index is 0.101. The van der Waals surface area contributed by atoms with Crippen LogP contribution >= 0.6 is 0 Å². The lowest BCUT2D eigenvalue weighted by molar-refractivity contribution is -0.153. The molecule has 34 heavy (non-hydrogen) atoms. The summed E-state index contributed by atoms with van der Waals surface area (Å²) in [5.74, 6) is -1.19. The fourth-order valence-electron chi connectivity index (χ4n) is 3.54. The number of ether oxygens (including phenoxy) is 1. The molecule has 1 N–H and O–H groups in total. The Morgan fingerprint density at radius 3 is 1.74 bits per heavy atom. The fraction of sp³-hybridized carbons (Fsp3) is 0.667. The minimum Gasteiger partial charge on any atom is -0.481 e. The lowest BCUT2D eigenvalue weighted by Crippen LogP contribution is -2.21. The van der Waals surface area contributed by atoms with Gasteiger partial charge in [0, 0.05) is 6.42 Å². The van der Waals surface area contributed by atoms with Gasteiger partial charge in [-0.1, -0.05) is 101 Å². The Labute approximate surface area is 209 Å². The van der Waals surface area contributed by atoms with Gasteiger partial charge < -0.3 is 9.84 Å². The molecule has 0 aromatic heterocycles. The summed E-state index contributed by atoms with van der Waals surface area (Å²) in [6.07, 6.45) is 32.9. The predicted molar refractivity (Wildman–Crippen MR) is 144 cm³/mol. The van der Waals surface area contributed by atoms with Gasteiger partial charge in [0.05, 0.1) is 6.42 Å². The summed E-state index contributed by atoms with van der Waals surface area (Å²) in [5, 5.41) is 9.06. The Balaban J connectivity index is 3.83. The van der Waals surface area contributed by atoms with E-state index in [1.165, 1.54) is 38.5 Å². The number of unbranched alkanes of at least 4 members (excludes halogenated alkanes) is 8. The van der Waals surface area contributed by atoms with Crippen LogP contribution in [0.1, 0.15) is 123 Å². The molecular formula is C30H50O4. The van der Waals surface area contributed by atoms with Crippen molar-refractivity contribution in [3.63, 3.8) is 0 Å². The van der Waals surface area contributed by atoms with Crippen molar-refractivity contribution >= 4 is 11.9 Å². The van der Waals surface area contributed by atoms with Crippen molar-refractivity contribution < 1.29 is 19.4 Å². The van der Waals surface area contributed by atoms with Crippen molar-refractivity contribution in [3.05, 3.63) is 48.6 Å². The Morgan fingerprint density at radius 2 is 1.18 bits per heavy atom. The summed E-state index contributed by atoms with van der Waals surface area (Å²) < 4.78 is 5.43. The zero-order valence-electron chi connectivity index (χ0n) is 21.9. The quantitative estimate of drug-likeness (QED) is 0.0912. The van der Waals surface area contributed by atoms with E-state index in [0.29, 0.717) is 12.8 Å². The van der Waals surface area contributed by atoms with Gasteiger partial charge in [-0.15, -0.1) is 0 Å². The second kappa shape index (κ2) is 25.5. The zero-order chi connectivity index (χ0) is 25.1. The van der Waals surface area contributed by atoms with Gasteiger partial charge in [0.15, 0.2) is 0 Å². The molecule has 4 nitrogen and oxygen atoms in total. The van der Waals surface area contributed by atoms with E-state index in [-0.39, 0.29) is 12.4 Å². The van der Waals surface area contributed by atoms with Gasteiger partial charge in [-0.2, -0.15) is 0 Å². The van der Waals surface area contributed by atoms with E-state index >= 15 is 0 Å². The predicted octanol–water partition coefficient (Wildman–Crippen LogP) is 8.88. The number of hydrogen-bond donors (Lipinski definition) is 1. The molecule has 0 amide bonds. The number of carboxylic acid groups (broad SMARTS) is 1. The number of carbonyl (C=O) groups excluding carboxylic acids is 1. The van der Waals surface area contributed by atoms with E-state index in [1.54, 1.807) is 0 Å². The van der Waals surface area contributed by atoms with Crippen LogP contribution in [0.5, 0.6) is 0 Å². The van der Waals surface area contributed by atoms with Crippen molar-refractivity contribution in [2.24, 2.45) is 0 Å². The third kappa shape index (κ3) is 24.5. The third-order valence-electron chi connectivity index (χ3n) is 5.54. The lowest BCUT2D eigenvalue weighted by atomic mass is 10.1. The standard InChI is InChI=1S/C30H50O4/c1-3-5-7-9-10-11-12-13-14-15-16-17-18-19-20-22-24-26-30(33)34-28(27-29(31)32)25-23-21-8-6-4-2/h10-11,13-14,16-17,19-20,28H,3-9,12,15,18,21-27H2,1-2H3,(H,31,32)/b11-10-,14-13-,17-16-,20-19-. The summed E-state index contributed by atoms with van der Waals surface area (Å²) in [4.78, 5) is 23.1. The van der Waals surface area contributed by atoms with Gasteiger partial charge in [-0.3, -0.25) is 9.59 Å². The first-order chi connectivity index (χ1) is 16.6. The van der Waals surface area contributed by atoms with Crippen LogP contribution in [0.2, 0.25) is 0 Å². The zero-order valence-corrected chi connectivity index (χ0v) is 21.9. The number of aliphatic carboxylic acids is 1. The van der Waals surface area contributed by atoms with Crippen molar-refractivity contribution in [1.29, 1.82) is 0 Å². The third-order valence-corrected chi connectivity index (χ3v) is 5.54. The molecule has 0 fully saturated rings. The molecule has 0 aromatic carbocycles. The molecule has 0 rings (SSSR count). The molecule has 1 unspecified atom stereocenters. The van der Waals surface area contributed by atoms with Crippen LogP contribution < -0.4 is 0 Å². The maximum Gasteiger partial charge on any atom is 0.307 e. The monoisotopic (exact) mass is 474 g/mol. The van der Waals surface area contributed by atoms with E-state index in [1.807, 2.05) is 0 Å². The van der Waals surface area contributed by atoms with Gasteiger partial charge in [0.1, 0.15) is 6.10 Å². The summed E-state index contributed by atoms with van der Waals surface area (Å²) in [6.45, 7) is 4.39. The second-order valence-corrected chi connectivity index (χ2v) is 8.89. The van der Waals surface area contributed by atoms with Crippen LogP contribution in [-0.2, 0) is 14.3 Å². The van der Waals surface area contributed by atoms with Crippen LogP contribution in [0.25, 0.3) is 0 Å². The maximum absolute atomic E-state index is 12.1. The number of allylic oxidation sites excluding steroid dienone is 8. The number of esters is 1. The number of carboxylic acids is 1. The fourth-order valence-corrected chi connectivity index (χ4v) is 3.54. The molecule has 0 aromatic rings. The van der Waals surface area contributed by atoms with Gasteiger partial charge >= 0.3 is 11.9 Å². The Morgan fingerprint density at radius 1 is 0.676 bits per heavy atom. The van der Waals surface area contributed by atoms with Crippen molar-refractivity contribution in [2.75, 3.05) is 0 Å². The van der Waals surface area contributed by atoms with Gasteiger partial charge in [-0.25, -0.2) is 0 Å². The SMILES string of the molecule is CCCCC/C=C\C/C=C\C/C=C\C/C=C\CCCC(=O)OC(CCCCCCC)CC(=O)O. The van der Waals surface area contributed by atoms with E-state index < -0.39 is 12.1 Å². The topological polar surface area (TPSA) is 63.6 Å². The number of carbonyl (C=O) groups is 2. The molecule has 0 aliphatic carbocycles. The highest BCUT2D eigenvalue weighted by molar-refractivity contribution is 5.71. The normalized spacial score (nSPS) is 13.0. The molecule has 4 heteroatoms. The summed E-state index contributed by atoms with van der Waals surface area (Å²) in [6, 6.07) is 0.